The molecule has 6 aromatic rings. The first-order chi connectivity index (χ1) is 21.5. The second-order valence-corrected chi connectivity index (χ2v) is 15.3. The van der Waals surface area contributed by atoms with E-state index in [0.29, 0.717) is 29.6 Å². The topological polar surface area (TPSA) is 73.2 Å². The number of imidazole rings is 2. The molecule has 0 aliphatic rings. The molecule has 3 aromatic heterocycles. The molecule has 0 saturated heterocycles. The molecule has 0 radical (unpaired) electrons. The molecule has 0 amide bonds. The first kappa shape index (κ1) is 35.0. The molecule has 46 heavy (non-hydrogen) atoms. The fourth-order valence-electron chi connectivity index (χ4n) is 5.29. The molecule has 5 nitrogen and oxygen atoms in total. The third kappa shape index (κ3) is 8.48. The number of benzene rings is 3. The average Bonchev–Trinajstić information content (AvgIpc) is 3.72. The lowest BCUT2D eigenvalue weighted by Crippen LogP contribution is -2.10. The molecular formula is C41H57N5. The minimum atomic E-state index is 0.192. The van der Waals surface area contributed by atoms with Gasteiger partial charge in [-0.2, -0.15) is 0 Å². The molecule has 0 atom stereocenters. The fourth-order valence-corrected chi connectivity index (χ4v) is 5.29. The molecule has 0 bridgehead atoms. The second-order valence-electron chi connectivity index (χ2n) is 15.3. The van der Waals surface area contributed by atoms with Gasteiger partial charge >= 0.3 is 0 Å². The van der Waals surface area contributed by atoms with Crippen LogP contribution in [0.4, 0.5) is 0 Å². The molecule has 0 aliphatic heterocycles. The number of nitrogens with one attached hydrogen (secondary N) is 3. The van der Waals surface area contributed by atoms with Crippen molar-refractivity contribution in [2.24, 2.45) is 0 Å². The molecule has 5 heteroatoms. The molecule has 0 fully saturated rings. The Balaban J connectivity index is 0.000000157. The predicted octanol–water partition coefficient (Wildman–Crippen LogP) is 12.2. The van der Waals surface area contributed by atoms with Gasteiger partial charge in [-0.1, -0.05) is 114 Å². The highest BCUT2D eigenvalue weighted by molar-refractivity contribution is 5.81. The van der Waals surface area contributed by atoms with Crippen molar-refractivity contribution >= 4 is 33.0 Å². The fraction of sp³-hybridized carbons (Fsp3) is 0.463. The number of nitrogens with zero attached hydrogens (tertiary/aromatic N) is 2. The van der Waals surface area contributed by atoms with Crippen LogP contribution in [-0.4, -0.2) is 24.9 Å². The van der Waals surface area contributed by atoms with Gasteiger partial charge in [-0.25, -0.2) is 9.97 Å². The zero-order valence-electron chi connectivity index (χ0n) is 30.6. The van der Waals surface area contributed by atoms with Crippen LogP contribution in [0.25, 0.3) is 33.0 Å². The zero-order chi connectivity index (χ0) is 33.9. The van der Waals surface area contributed by atoms with Crippen LogP contribution in [0.1, 0.15) is 154 Å². The molecule has 3 N–H and O–H groups in total. The van der Waals surface area contributed by atoms with E-state index in [-0.39, 0.29) is 5.41 Å². The maximum absolute atomic E-state index is 4.58. The summed E-state index contributed by atoms with van der Waals surface area (Å²) in [5.41, 5.74) is 11.3. The number of aromatic amines is 3. The van der Waals surface area contributed by atoms with Crippen molar-refractivity contribution in [3.63, 3.8) is 0 Å². The minimum Gasteiger partial charge on any atom is -0.358 e. The van der Waals surface area contributed by atoms with Gasteiger partial charge in [0.2, 0.25) is 0 Å². The highest BCUT2D eigenvalue weighted by Gasteiger charge is 2.15. The normalized spacial score (nSPS) is 12.1. The summed E-state index contributed by atoms with van der Waals surface area (Å²) >= 11 is 0. The molecule has 246 valence electrons. The van der Waals surface area contributed by atoms with Crippen LogP contribution in [0.5, 0.6) is 0 Å². The van der Waals surface area contributed by atoms with E-state index >= 15 is 0 Å². The molecule has 0 spiro atoms. The first-order valence-corrected chi connectivity index (χ1v) is 17.2. The molecule has 6 rings (SSSR count). The Morgan fingerprint density at radius 3 is 1.43 bits per heavy atom. The Labute approximate surface area is 277 Å². The number of aromatic nitrogens is 5. The summed E-state index contributed by atoms with van der Waals surface area (Å²) in [5.74, 6) is 4.79. The van der Waals surface area contributed by atoms with E-state index in [1.165, 1.54) is 33.3 Å². The SMILES string of the molecule is CC(C)c1ccc2cc(C(C)C)[nH]c2c1.CC(C)c1ccc2nc(C(C)C)[nH]c2c1.CC(C)c1nc2ccc(C(C)(C)C)cc2[nH]1. The van der Waals surface area contributed by atoms with Crippen LogP contribution in [-0.2, 0) is 5.41 Å². The number of fused-ring (bicyclic) bond motifs is 3. The highest BCUT2D eigenvalue weighted by atomic mass is 14.9. The van der Waals surface area contributed by atoms with Crippen LogP contribution in [0.15, 0.2) is 60.7 Å². The summed E-state index contributed by atoms with van der Waals surface area (Å²) < 4.78 is 0. The molecule has 3 aromatic carbocycles. The van der Waals surface area contributed by atoms with Gasteiger partial charge in [-0.15, -0.1) is 0 Å². The Hall–Kier alpha value is -3.86. The van der Waals surface area contributed by atoms with E-state index in [0.717, 1.165) is 33.7 Å². The highest BCUT2D eigenvalue weighted by Crippen LogP contribution is 2.27. The van der Waals surface area contributed by atoms with E-state index in [2.05, 4.69) is 176 Å². The lowest BCUT2D eigenvalue weighted by atomic mass is 9.87. The van der Waals surface area contributed by atoms with Crippen molar-refractivity contribution in [1.82, 2.24) is 24.9 Å². The van der Waals surface area contributed by atoms with Gasteiger partial charge < -0.3 is 15.0 Å². The van der Waals surface area contributed by atoms with Gasteiger partial charge in [0.25, 0.3) is 0 Å². The minimum absolute atomic E-state index is 0.192. The number of hydrogen-bond donors (Lipinski definition) is 3. The largest absolute Gasteiger partial charge is 0.358 e. The van der Waals surface area contributed by atoms with Crippen molar-refractivity contribution in [2.75, 3.05) is 0 Å². The van der Waals surface area contributed by atoms with E-state index in [9.17, 15) is 0 Å². The van der Waals surface area contributed by atoms with Crippen molar-refractivity contribution < 1.29 is 0 Å². The van der Waals surface area contributed by atoms with Crippen molar-refractivity contribution in [1.29, 1.82) is 0 Å². The molecule has 3 heterocycles. The first-order valence-electron chi connectivity index (χ1n) is 17.2. The molecule has 0 saturated carbocycles. The monoisotopic (exact) mass is 619 g/mol. The second kappa shape index (κ2) is 14.3. The third-order valence-corrected chi connectivity index (χ3v) is 8.61. The van der Waals surface area contributed by atoms with E-state index in [1.807, 2.05) is 0 Å². The number of H-pyrrole nitrogens is 3. The van der Waals surface area contributed by atoms with Crippen LogP contribution >= 0.6 is 0 Å². The van der Waals surface area contributed by atoms with E-state index < -0.39 is 0 Å². The summed E-state index contributed by atoms with van der Waals surface area (Å²) in [4.78, 5) is 19.4. The predicted molar refractivity (Wildman–Crippen MR) is 200 cm³/mol. The average molecular weight is 620 g/mol. The lowest BCUT2D eigenvalue weighted by molar-refractivity contribution is 0.591. The summed E-state index contributed by atoms with van der Waals surface area (Å²) in [6.07, 6.45) is 0. The van der Waals surface area contributed by atoms with E-state index in [4.69, 9.17) is 0 Å². The zero-order valence-corrected chi connectivity index (χ0v) is 30.6. The summed E-state index contributed by atoms with van der Waals surface area (Å²) in [7, 11) is 0. The maximum Gasteiger partial charge on any atom is 0.109 e. The molecule has 0 unspecified atom stereocenters. The van der Waals surface area contributed by atoms with Gasteiger partial charge in [0.15, 0.2) is 0 Å². The Morgan fingerprint density at radius 2 is 0.957 bits per heavy atom. The quantitative estimate of drug-likeness (QED) is 0.180. The summed E-state index contributed by atoms with van der Waals surface area (Å²) in [6, 6.07) is 21.9. The van der Waals surface area contributed by atoms with Gasteiger partial charge in [0, 0.05) is 23.0 Å². The van der Waals surface area contributed by atoms with Crippen LogP contribution in [0.3, 0.4) is 0 Å². The summed E-state index contributed by atoms with van der Waals surface area (Å²) in [5, 5.41) is 1.32. The van der Waals surface area contributed by atoms with Gasteiger partial charge in [-0.05, 0) is 81.6 Å². The smallest absolute Gasteiger partial charge is 0.109 e. The van der Waals surface area contributed by atoms with Crippen LogP contribution < -0.4 is 0 Å². The van der Waals surface area contributed by atoms with Crippen molar-refractivity contribution in [3.05, 3.63) is 94.7 Å². The Morgan fingerprint density at radius 1 is 0.478 bits per heavy atom. The maximum atomic E-state index is 4.58. The Kier molecular flexibility index (Phi) is 10.9. The van der Waals surface area contributed by atoms with Gasteiger partial charge in [0.05, 0.1) is 22.1 Å². The van der Waals surface area contributed by atoms with Gasteiger partial charge in [0.1, 0.15) is 11.6 Å². The molecular weight excluding hydrogens is 562 g/mol. The standard InChI is InChI=1S/C14H20N2.C14H19N.C13H18N2/c1-9(2)13-15-11-7-6-10(14(3,4)5)8-12(11)16-13;1-9(2)11-5-6-12-8-13(10(3)4)15-14(12)7-11;1-8(2)10-5-6-11-12(7-10)15-13(14-11)9(3)4/h6-9H,1-5H3,(H,15,16);5-10,15H,1-4H3;5-9H,1-4H3,(H,14,15). The van der Waals surface area contributed by atoms with E-state index in [1.54, 1.807) is 0 Å². The van der Waals surface area contributed by atoms with Crippen molar-refractivity contribution in [3.8, 4) is 0 Å². The van der Waals surface area contributed by atoms with Crippen molar-refractivity contribution in [2.45, 2.75) is 125 Å². The number of rotatable bonds is 5. The van der Waals surface area contributed by atoms with Gasteiger partial charge in [-0.3, -0.25) is 0 Å². The van der Waals surface area contributed by atoms with Crippen LogP contribution in [0.2, 0.25) is 0 Å². The summed E-state index contributed by atoms with van der Waals surface area (Å²) in [6.45, 7) is 28.6. The van der Waals surface area contributed by atoms with Crippen LogP contribution in [0, 0.1) is 0 Å². The molecule has 0 aliphatic carbocycles. The lowest BCUT2D eigenvalue weighted by Gasteiger charge is -2.18. The number of hydrogen-bond acceptors (Lipinski definition) is 2. The Bertz CT molecular complexity index is 1770. The third-order valence-electron chi connectivity index (χ3n) is 8.61.